The fourth-order valence-corrected chi connectivity index (χ4v) is 1.51. The first-order chi connectivity index (χ1) is 8.66. The van der Waals surface area contributed by atoms with E-state index in [-0.39, 0.29) is 23.5 Å². The van der Waals surface area contributed by atoms with Crippen LogP contribution in [0.5, 0.6) is 5.75 Å². The maximum Gasteiger partial charge on any atom is 0.253 e. The summed E-state index contributed by atoms with van der Waals surface area (Å²) in [6.45, 7) is 0.764. The summed E-state index contributed by atoms with van der Waals surface area (Å²) < 4.78 is 0. The Bertz CT molecular complexity index is 458. The minimum Gasteiger partial charge on any atom is -0.506 e. The number of nitrogens with zero attached hydrogens (tertiary/aromatic N) is 1. The van der Waals surface area contributed by atoms with E-state index in [1.54, 1.807) is 0 Å². The first-order valence-electron chi connectivity index (χ1n) is 5.87. The maximum absolute atomic E-state index is 11.6. The topological polar surface area (TPSA) is 91.3 Å². The molecule has 0 atom stereocenters. The Morgan fingerprint density at radius 2 is 2.00 bits per heavy atom. The van der Waals surface area contributed by atoms with Crippen LogP contribution < -0.4 is 10.6 Å². The number of carbonyl (C=O) groups is 2. The van der Waals surface area contributed by atoms with Gasteiger partial charge in [-0.25, -0.2) is 0 Å². The maximum atomic E-state index is 11.6. The fraction of sp³-hybridized carbons (Fsp3) is 0.417. The van der Waals surface area contributed by atoms with Crippen LogP contribution in [0, 0.1) is 5.92 Å². The van der Waals surface area contributed by atoms with Gasteiger partial charge in [-0.1, -0.05) is 0 Å². The molecule has 1 aliphatic rings. The Kier molecular flexibility index (Phi) is 3.76. The number of carbonyl (C=O) groups excluding carboxylic acids is 2. The number of aromatic nitrogens is 1. The number of rotatable bonds is 5. The Labute approximate surface area is 104 Å². The molecule has 6 heteroatoms. The van der Waals surface area contributed by atoms with Crippen LogP contribution in [0.4, 0.5) is 0 Å². The predicted molar refractivity (Wildman–Crippen MR) is 64.0 cm³/mol. The highest BCUT2D eigenvalue weighted by molar-refractivity contribution is 5.94. The van der Waals surface area contributed by atoms with Crippen LogP contribution in [0.2, 0.25) is 0 Å². The van der Waals surface area contributed by atoms with Crippen molar-refractivity contribution in [2.75, 3.05) is 13.1 Å². The van der Waals surface area contributed by atoms with Gasteiger partial charge >= 0.3 is 0 Å². The van der Waals surface area contributed by atoms with Crippen LogP contribution in [0.25, 0.3) is 0 Å². The van der Waals surface area contributed by atoms with Crippen molar-refractivity contribution in [3.05, 3.63) is 24.0 Å². The molecule has 1 aliphatic carbocycles. The highest BCUT2D eigenvalue weighted by Crippen LogP contribution is 2.28. The molecule has 0 aromatic carbocycles. The monoisotopic (exact) mass is 249 g/mol. The average Bonchev–Trinajstić information content (AvgIpc) is 3.18. The molecule has 0 spiro atoms. The summed E-state index contributed by atoms with van der Waals surface area (Å²) in [5.74, 6) is -0.136. The molecule has 6 nitrogen and oxygen atoms in total. The minimum atomic E-state index is -0.320. The molecule has 1 heterocycles. The molecular formula is C12H15N3O3. The zero-order chi connectivity index (χ0) is 13.0. The van der Waals surface area contributed by atoms with Crippen molar-refractivity contribution in [2.24, 2.45) is 5.92 Å². The van der Waals surface area contributed by atoms with Crippen molar-refractivity contribution < 1.29 is 14.7 Å². The molecule has 2 amide bonds. The van der Waals surface area contributed by atoms with Gasteiger partial charge in [0.1, 0.15) is 5.75 Å². The molecule has 0 aliphatic heterocycles. The molecule has 0 saturated heterocycles. The molecule has 2 rings (SSSR count). The summed E-state index contributed by atoms with van der Waals surface area (Å²) in [6.07, 6.45) is 4.56. The van der Waals surface area contributed by atoms with E-state index in [1.165, 1.54) is 18.5 Å². The molecule has 96 valence electrons. The van der Waals surface area contributed by atoms with Gasteiger partial charge in [0.15, 0.2) is 0 Å². The summed E-state index contributed by atoms with van der Waals surface area (Å²) in [5, 5.41) is 14.6. The zero-order valence-electron chi connectivity index (χ0n) is 9.85. The van der Waals surface area contributed by atoms with E-state index in [1.807, 2.05) is 0 Å². The van der Waals surface area contributed by atoms with Crippen molar-refractivity contribution in [1.82, 2.24) is 15.6 Å². The highest BCUT2D eigenvalue weighted by Gasteiger charge is 2.28. The van der Waals surface area contributed by atoms with Gasteiger partial charge in [-0.2, -0.15) is 0 Å². The Hall–Kier alpha value is -2.11. The van der Waals surface area contributed by atoms with Crippen LogP contribution >= 0.6 is 0 Å². The number of nitrogens with one attached hydrogen (secondary N) is 2. The van der Waals surface area contributed by atoms with Crippen molar-refractivity contribution in [3.63, 3.8) is 0 Å². The zero-order valence-corrected chi connectivity index (χ0v) is 9.85. The number of hydrogen-bond donors (Lipinski definition) is 3. The van der Waals surface area contributed by atoms with Gasteiger partial charge in [-0.15, -0.1) is 0 Å². The number of amides is 2. The first-order valence-corrected chi connectivity index (χ1v) is 5.87. The lowest BCUT2D eigenvalue weighted by Crippen LogP contribution is -2.35. The van der Waals surface area contributed by atoms with E-state index in [0.717, 1.165) is 12.8 Å². The Balaban J connectivity index is 1.69. The molecule has 1 fully saturated rings. The molecule has 0 unspecified atom stereocenters. The second kappa shape index (κ2) is 5.48. The van der Waals surface area contributed by atoms with E-state index in [9.17, 15) is 14.7 Å². The summed E-state index contributed by atoms with van der Waals surface area (Å²) in [7, 11) is 0. The normalized spacial score (nSPS) is 14.0. The molecule has 1 saturated carbocycles. The Morgan fingerprint density at radius 1 is 1.28 bits per heavy atom. The smallest absolute Gasteiger partial charge is 0.253 e. The average molecular weight is 249 g/mol. The summed E-state index contributed by atoms with van der Waals surface area (Å²) >= 11 is 0. The third-order valence-electron chi connectivity index (χ3n) is 2.64. The molecule has 18 heavy (non-hydrogen) atoms. The largest absolute Gasteiger partial charge is 0.506 e. The van der Waals surface area contributed by atoms with Crippen LogP contribution in [0.15, 0.2) is 18.5 Å². The van der Waals surface area contributed by atoms with Gasteiger partial charge in [0.05, 0.1) is 11.8 Å². The number of hydrogen-bond acceptors (Lipinski definition) is 4. The fourth-order valence-electron chi connectivity index (χ4n) is 1.51. The molecule has 0 bridgehead atoms. The lowest BCUT2D eigenvalue weighted by atomic mass is 10.2. The number of pyridine rings is 1. The van der Waals surface area contributed by atoms with E-state index >= 15 is 0 Å². The summed E-state index contributed by atoms with van der Waals surface area (Å²) in [5.41, 5.74) is 0.295. The van der Waals surface area contributed by atoms with E-state index in [4.69, 9.17) is 0 Å². The van der Waals surface area contributed by atoms with Crippen LogP contribution in [0.1, 0.15) is 23.2 Å². The minimum absolute atomic E-state index is 0.0512. The first kappa shape index (κ1) is 12.3. The molecule has 1 aromatic heterocycles. The lowest BCUT2D eigenvalue weighted by molar-refractivity contribution is -0.122. The van der Waals surface area contributed by atoms with Crippen molar-refractivity contribution in [1.29, 1.82) is 0 Å². The van der Waals surface area contributed by atoms with Crippen molar-refractivity contribution in [2.45, 2.75) is 12.8 Å². The van der Waals surface area contributed by atoms with Crippen LogP contribution in [-0.2, 0) is 4.79 Å². The number of aromatic hydroxyl groups is 1. The van der Waals surface area contributed by atoms with Gasteiger partial charge in [0.25, 0.3) is 5.91 Å². The van der Waals surface area contributed by atoms with Gasteiger partial charge in [-0.05, 0) is 18.9 Å². The SMILES string of the molecule is O=C(NCCNC(=O)C1CC1)c1cncc(O)c1. The summed E-state index contributed by atoms with van der Waals surface area (Å²) in [4.78, 5) is 26.6. The highest BCUT2D eigenvalue weighted by atomic mass is 16.3. The van der Waals surface area contributed by atoms with E-state index in [0.29, 0.717) is 18.7 Å². The van der Waals surface area contributed by atoms with Crippen molar-refractivity contribution >= 4 is 11.8 Å². The van der Waals surface area contributed by atoms with Gasteiger partial charge in [0.2, 0.25) is 5.91 Å². The van der Waals surface area contributed by atoms with Gasteiger partial charge < -0.3 is 15.7 Å². The Morgan fingerprint density at radius 3 is 2.67 bits per heavy atom. The summed E-state index contributed by atoms with van der Waals surface area (Å²) in [6, 6.07) is 1.34. The van der Waals surface area contributed by atoms with E-state index in [2.05, 4.69) is 15.6 Å². The lowest BCUT2D eigenvalue weighted by Gasteiger charge is -2.06. The predicted octanol–water partition coefficient (Wildman–Crippen LogP) is 0.0432. The second-order valence-corrected chi connectivity index (χ2v) is 4.25. The molecular weight excluding hydrogens is 234 g/mol. The quantitative estimate of drug-likeness (QED) is 0.643. The third kappa shape index (κ3) is 3.44. The standard InChI is InChI=1S/C12H15N3O3/c16-10-5-9(6-13-7-10)12(18)15-4-3-14-11(17)8-1-2-8/h5-8,16H,1-4H2,(H,14,17)(H,15,18). The van der Waals surface area contributed by atoms with E-state index < -0.39 is 0 Å². The van der Waals surface area contributed by atoms with Crippen LogP contribution in [-0.4, -0.2) is 35.0 Å². The van der Waals surface area contributed by atoms with Crippen LogP contribution in [0.3, 0.4) is 0 Å². The van der Waals surface area contributed by atoms with Gasteiger partial charge in [0, 0.05) is 25.2 Å². The molecule has 1 aromatic rings. The molecule has 3 N–H and O–H groups in total. The second-order valence-electron chi connectivity index (χ2n) is 4.25. The van der Waals surface area contributed by atoms with Crippen molar-refractivity contribution in [3.8, 4) is 5.75 Å². The van der Waals surface area contributed by atoms with Gasteiger partial charge in [-0.3, -0.25) is 14.6 Å². The molecule has 0 radical (unpaired) electrons. The third-order valence-corrected chi connectivity index (χ3v) is 2.64.